The molecule has 0 bridgehead atoms. The fourth-order valence-electron chi connectivity index (χ4n) is 1.87. The van der Waals surface area contributed by atoms with Gasteiger partial charge in [-0.3, -0.25) is 9.59 Å². The highest BCUT2D eigenvalue weighted by molar-refractivity contribution is 5.96. The Morgan fingerprint density at radius 2 is 2.17 bits per heavy atom. The third-order valence-corrected chi connectivity index (χ3v) is 2.99. The number of nitrogens with zero attached hydrogens (tertiary/aromatic N) is 3. The standard InChI is InChI=1S/C12H16N4O2/c1-15-5-2-6-16(8-11(15)17)12(18)9-3-4-10(13)14-7-9/h3-4,7H,2,5-6,8H2,1H3,(H2,13,14). The molecular formula is C12H16N4O2. The van der Waals surface area contributed by atoms with E-state index in [0.29, 0.717) is 24.5 Å². The van der Waals surface area contributed by atoms with Crippen molar-refractivity contribution < 1.29 is 9.59 Å². The van der Waals surface area contributed by atoms with E-state index in [1.165, 1.54) is 6.20 Å². The number of anilines is 1. The summed E-state index contributed by atoms with van der Waals surface area (Å²) in [4.78, 5) is 31.0. The van der Waals surface area contributed by atoms with Crippen LogP contribution in [-0.2, 0) is 4.79 Å². The molecule has 6 heteroatoms. The molecule has 18 heavy (non-hydrogen) atoms. The van der Waals surface area contributed by atoms with Crippen LogP contribution in [0.3, 0.4) is 0 Å². The normalized spacial score (nSPS) is 16.6. The van der Waals surface area contributed by atoms with Crippen molar-refractivity contribution in [1.29, 1.82) is 0 Å². The fraction of sp³-hybridized carbons (Fsp3) is 0.417. The van der Waals surface area contributed by atoms with Crippen molar-refractivity contribution in [3.05, 3.63) is 23.9 Å². The van der Waals surface area contributed by atoms with Gasteiger partial charge in [-0.2, -0.15) is 0 Å². The zero-order valence-corrected chi connectivity index (χ0v) is 10.3. The van der Waals surface area contributed by atoms with Gasteiger partial charge in [0.25, 0.3) is 5.91 Å². The first-order valence-electron chi connectivity index (χ1n) is 5.82. The van der Waals surface area contributed by atoms with Gasteiger partial charge in [0.1, 0.15) is 12.4 Å². The van der Waals surface area contributed by atoms with Crippen LogP contribution in [0.25, 0.3) is 0 Å². The molecular weight excluding hydrogens is 232 g/mol. The number of rotatable bonds is 1. The van der Waals surface area contributed by atoms with Crippen LogP contribution in [0.1, 0.15) is 16.8 Å². The molecule has 0 aliphatic carbocycles. The first-order valence-corrected chi connectivity index (χ1v) is 5.82. The molecule has 1 fully saturated rings. The summed E-state index contributed by atoms with van der Waals surface area (Å²) in [6.07, 6.45) is 2.23. The van der Waals surface area contributed by atoms with Gasteiger partial charge in [-0.1, -0.05) is 0 Å². The predicted octanol–water partition coefficient (Wildman–Crippen LogP) is -0.0319. The molecule has 2 amide bonds. The number of nitrogens with two attached hydrogens (primary N) is 1. The molecule has 1 saturated heterocycles. The molecule has 96 valence electrons. The summed E-state index contributed by atoms with van der Waals surface area (Å²) < 4.78 is 0. The maximum Gasteiger partial charge on any atom is 0.255 e. The molecule has 6 nitrogen and oxygen atoms in total. The smallest absolute Gasteiger partial charge is 0.255 e. The Kier molecular flexibility index (Phi) is 3.45. The molecule has 0 spiro atoms. The summed E-state index contributed by atoms with van der Waals surface area (Å²) in [7, 11) is 1.75. The van der Waals surface area contributed by atoms with Crippen molar-refractivity contribution in [2.24, 2.45) is 0 Å². The van der Waals surface area contributed by atoms with Gasteiger partial charge in [0, 0.05) is 26.3 Å². The topological polar surface area (TPSA) is 79.5 Å². The zero-order chi connectivity index (χ0) is 13.1. The lowest BCUT2D eigenvalue weighted by atomic mass is 10.2. The summed E-state index contributed by atoms with van der Waals surface area (Å²) >= 11 is 0. The number of carbonyl (C=O) groups excluding carboxylic acids is 2. The van der Waals surface area contributed by atoms with Gasteiger partial charge < -0.3 is 15.5 Å². The Labute approximate surface area is 105 Å². The second-order valence-electron chi connectivity index (χ2n) is 4.37. The minimum Gasteiger partial charge on any atom is -0.384 e. The van der Waals surface area contributed by atoms with Crippen LogP contribution >= 0.6 is 0 Å². The van der Waals surface area contributed by atoms with E-state index >= 15 is 0 Å². The summed E-state index contributed by atoms with van der Waals surface area (Å²) in [6, 6.07) is 3.21. The number of carbonyl (C=O) groups is 2. The Hall–Kier alpha value is -2.11. The van der Waals surface area contributed by atoms with Crippen molar-refractivity contribution in [1.82, 2.24) is 14.8 Å². The van der Waals surface area contributed by atoms with Crippen molar-refractivity contribution in [2.45, 2.75) is 6.42 Å². The molecule has 2 rings (SSSR count). The van der Waals surface area contributed by atoms with E-state index in [0.717, 1.165) is 6.42 Å². The van der Waals surface area contributed by atoms with E-state index in [2.05, 4.69) is 4.98 Å². The number of hydrogen-bond acceptors (Lipinski definition) is 4. The lowest BCUT2D eigenvalue weighted by Gasteiger charge is -2.19. The molecule has 1 aromatic rings. The third kappa shape index (κ3) is 2.58. The number of nitrogen functional groups attached to an aromatic ring is 1. The van der Waals surface area contributed by atoms with Crippen LogP contribution in [0.5, 0.6) is 0 Å². The number of aromatic nitrogens is 1. The Balaban J connectivity index is 2.13. The monoisotopic (exact) mass is 248 g/mol. The molecule has 2 heterocycles. The largest absolute Gasteiger partial charge is 0.384 e. The average Bonchev–Trinajstić information content (AvgIpc) is 2.52. The van der Waals surface area contributed by atoms with Crippen molar-refractivity contribution in [3.63, 3.8) is 0 Å². The lowest BCUT2D eigenvalue weighted by Crippen LogP contribution is -2.38. The number of hydrogen-bond donors (Lipinski definition) is 1. The number of amides is 2. The molecule has 1 aliphatic heterocycles. The predicted molar refractivity (Wildman–Crippen MR) is 66.8 cm³/mol. The highest BCUT2D eigenvalue weighted by atomic mass is 16.2. The van der Waals surface area contributed by atoms with Crippen molar-refractivity contribution in [2.75, 3.05) is 32.4 Å². The highest BCUT2D eigenvalue weighted by Crippen LogP contribution is 2.09. The molecule has 0 saturated carbocycles. The van der Waals surface area contributed by atoms with Crippen LogP contribution in [-0.4, -0.2) is 53.3 Å². The van der Waals surface area contributed by atoms with Gasteiger partial charge in [0.15, 0.2) is 0 Å². The van der Waals surface area contributed by atoms with Gasteiger partial charge in [0.05, 0.1) is 5.56 Å². The van der Waals surface area contributed by atoms with Gasteiger partial charge >= 0.3 is 0 Å². The fourth-order valence-corrected chi connectivity index (χ4v) is 1.87. The van der Waals surface area contributed by atoms with Crippen LogP contribution in [0.4, 0.5) is 5.82 Å². The van der Waals surface area contributed by atoms with Crippen LogP contribution in [0.15, 0.2) is 18.3 Å². The summed E-state index contributed by atoms with van der Waals surface area (Å²) in [5.41, 5.74) is 5.93. The van der Waals surface area contributed by atoms with E-state index in [1.807, 2.05) is 0 Å². The minimum absolute atomic E-state index is 0.0377. The second kappa shape index (κ2) is 5.03. The molecule has 0 radical (unpaired) electrons. The van der Waals surface area contributed by atoms with Crippen LogP contribution < -0.4 is 5.73 Å². The Bertz CT molecular complexity index is 458. The SMILES string of the molecule is CN1CCCN(C(=O)c2ccc(N)nc2)CC1=O. The minimum atomic E-state index is -0.175. The first-order chi connectivity index (χ1) is 8.58. The Morgan fingerprint density at radius 3 is 2.83 bits per heavy atom. The van der Waals surface area contributed by atoms with Crippen molar-refractivity contribution in [3.8, 4) is 0 Å². The number of likely N-dealkylation sites (N-methyl/N-ethyl adjacent to an activating group) is 1. The van der Waals surface area contributed by atoms with E-state index < -0.39 is 0 Å². The third-order valence-electron chi connectivity index (χ3n) is 2.99. The van der Waals surface area contributed by atoms with Gasteiger partial charge in [-0.15, -0.1) is 0 Å². The summed E-state index contributed by atoms with van der Waals surface area (Å²) in [5.74, 6) is 0.161. The summed E-state index contributed by atoms with van der Waals surface area (Å²) in [6.45, 7) is 1.39. The molecule has 1 aromatic heterocycles. The van der Waals surface area contributed by atoms with E-state index in [1.54, 1.807) is 29.0 Å². The second-order valence-corrected chi connectivity index (χ2v) is 4.37. The van der Waals surface area contributed by atoms with Crippen LogP contribution in [0.2, 0.25) is 0 Å². The number of pyridine rings is 1. The maximum atomic E-state index is 12.2. The lowest BCUT2D eigenvalue weighted by molar-refractivity contribution is -0.129. The molecule has 0 unspecified atom stereocenters. The quantitative estimate of drug-likeness (QED) is 0.756. The molecule has 0 atom stereocenters. The van der Waals surface area contributed by atoms with E-state index in [9.17, 15) is 9.59 Å². The first kappa shape index (κ1) is 12.3. The Morgan fingerprint density at radius 1 is 1.39 bits per heavy atom. The maximum absolute atomic E-state index is 12.2. The van der Waals surface area contributed by atoms with Crippen LogP contribution in [0, 0.1) is 0 Å². The van der Waals surface area contributed by atoms with E-state index in [-0.39, 0.29) is 18.4 Å². The molecule has 2 N–H and O–H groups in total. The van der Waals surface area contributed by atoms with Gasteiger partial charge in [0.2, 0.25) is 5.91 Å². The van der Waals surface area contributed by atoms with E-state index in [4.69, 9.17) is 5.73 Å². The highest BCUT2D eigenvalue weighted by Gasteiger charge is 2.23. The zero-order valence-electron chi connectivity index (χ0n) is 10.3. The summed E-state index contributed by atoms with van der Waals surface area (Å²) in [5, 5.41) is 0. The van der Waals surface area contributed by atoms with Gasteiger partial charge in [-0.05, 0) is 18.6 Å². The molecule has 0 aromatic carbocycles. The van der Waals surface area contributed by atoms with Crippen molar-refractivity contribution >= 4 is 17.6 Å². The van der Waals surface area contributed by atoms with Gasteiger partial charge in [-0.25, -0.2) is 4.98 Å². The average molecular weight is 248 g/mol. The molecule has 1 aliphatic rings.